The van der Waals surface area contributed by atoms with Gasteiger partial charge in [-0.2, -0.15) is 0 Å². The zero-order valence-corrected chi connectivity index (χ0v) is 5.33. The van der Waals surface area contributed by atoms with Gasteiger partial charge in [-0.25, -0.2) is 8.42 Å². The largest absolute Gasteiger partial charge is 0.281 e. The van der Waals surface area contributed by atoms with E-state index in [2.05, 4.69) is 0 Å². The fourth-order valence-electron chi connectivity index (χ4n) is 0.309. The van der Waals surface area contributed by atoms with Crippen LogP contribution in [0.2, 0.25) is 0 Å². The summed E-state index contributed by atoms with van der Waals surface area (Å²) < 4.78 is 20.6. The Kier molecular flexibility index (Phi) is 1.16. The highest BCUT2D eigenvalue weighted by Gasteiger charge is 2.18. The van der Waals surface area contributed by atoms with E-state index in [4.69, 9.17) is 0 Å². The van der Waals surface area contributed by atoms with Crippen LogP contribution in [-0.2, 0) is 13.7 Å². The van der Waals surface area contributed by atoms with Crippen LogP contribution in [0.5, 0.6) is 0 Å². The monoisotopic (exact) mass is 150 g/mol. The minimum Gasteiger partial charge on any atom is -0.281 e. The normalized spacial score (nSPS) is 24.2. The zero-order chi connectivity index (χ0) is 6.20. The Morgan fingerprint density at radius 2 is 2.12 bits per heavy atom. The predicted molar refractivity (Wildman–Crippen MR) is 30.7 cm³/mol. The van der Waals surface area contributed by atoms with Gasteiger partial charge in [-0.3, -0.25) is 4.79 Å². The van der Waals surface area contributed by atoms with Gasteiger partial charge in [0.05, 0.1) is 10.8 Å². The molecular weight excluding hydrogens is 148 g/mol. The average molecular weight is 150 g/mol. The van der Waals surface area contributed by atoms with Crippen molar-refractivity contribution in [1.82, 2.24) is 0 Å². The lowest BCUT2D eigenvalue weighted by atomic mass is 10.7. The third-order valence-corrected chi connectivity index (χ3v) is 3.09. The van der Waals surface area contributed by atoms with Crippen LogP contribution in [0.4, 0.5) is 0 Å². The Labute approximate surface area is 50.1 Å². The van der Waals surface area contributed by atoms with E-state index in [0.717, 1.165) is 11.5 Å². The second-order valence-electron chi connectivity index (χ2n) is 1.20. The average Bonchev–Trinajstić information content (AvgIpc) is 1.82. The number of carbonyl (C=O) groups excluding carboxylic acids is 1. The first-order valence-corrected chi connectivity index (χ1v) is 4.65. The number of hydrogen-bond acceptors (Lipinski definition) is 4. The van der Waals surface area contributed by atoms with Gasteiger partial charge in [0.2, 0.25) is 14.0 Å². The van der Waals surface area contributed by atoms with E-state index >= 15 is 0 Å². The third kappa shape index (κ3) is 1.10. The van der Waals surface area contributed by atoms with E-state index in [1.54, 1.807) is 0 Å². The summed E-state index contributed by atoms with van der Waals surface area (Å²) in [6.45, 7) is 0. The van der Waals surface area contributed by atoms with Crippen molar-refractivity contribution >= 4 is 24.8 Å². The SMILES string of the molecule is O=C1C=CS(=O)(=O)S1. The van der Waals surface area contributed by atoms with Crippen LogP contribution >= 0.6 is 10.8 Å². The van der Waals surface area contributed by atoms with Crippen LogP contribution < -0.4 is 0 Å². The molecule has 8 heavy (non-hydrogen) atoms. The van der Waals surface area contributed by atoms with Gasteiger partial charge in [0.25, 0.3) is 0 Å². The van der Waals surface area contributed by atoms with Gasteiger partial charge in [0.15, 0.2) is 0 Å². The first-order chi connectivity index (χ1) is 3.60. The second-order valence-corrected chi connectivity index (χ2v) is 4.92. The molecule has 1 aliphatic rings. The lowest BCUT2D eigenvalue weighted by Gasteiger charge is -1.78. The maximum atomic E-state index is 10.3. The molecule has 0 aromatic rings. The molecule has 3 nitrogen and oxygen atoms in total. The Bertz CT molecular complexity index is 235. The van der Waals surface area contributed by atoms with Crippen LogP contribution in [0, 0.1) is 0 Å². The fourth-order valence-corrected chi connectivity index (χ4v) is 2.28. The summed E-state index contributed by atoms with van der Waals surface area (Å²) in [5.74, 6) is 0. The van der Waals surface area contributed by atoms with Crippen molar-refractivity contribution in [3.63, 3.8) is 0 Å². The molecular formula is C3H2O3S2. The molecule has 0 amide bonds. The summed E-state index contributed by atoms with van der Waals surface area (Å²) >= 11 is 0. The molecule has 0 aromatic carbocycles. The molecule has 0 atom stereocenters. The highest BCUT2D eigenvalue weighted by molar-refractivity contribution is 8.79. The summed E-state index contributed by atoms with van der Waals surface area (Å²) in [4.78, 5) is 10.2. The quantitative estimate of drug-likeness (QED) is 0.460. The van der Waals surface area contributed by atoms with Gasteiger partial charge in [-0.15, -0.1) is 0 Å². The molecule has 0 unspecified atom stereocenters. The lowest BCUT2D eigenvalue weighted by molar-refractivity contribution is -0.106. The first-order valence-electron chi connectivity index (χ1n) is 1.77. The minimum atomic E-state index is -3.21. The number of hydrogen-bond donors (Lipinski definition) is 0. The van der Waals surface area contributed by atoms with Gasteiger partial charge in [-0.05, 0) is 0 Å². The standard InChI is InChI=1S/C3H2O3S2/c4-3-1-2-8(5,6)7-3/h1-2H. The molecule has 5 heteroatoms. The molecule has 0 saturated carbocycles. The fraction of sp³-hybridized carbons (Fsp3) is 0. The zero-order valence-electron chi connectivity index (χ0n) is 3.70. The summed E-state index contributed by atoms with van der Waals surface area (Å²) in [6, 6.07) is 0. The molecule has 0 N–H and O–H groups in total. The summed E-state index contributed by atoms with van der Waals surface area (Å²) in [5.41, 5.74) is 0. The Hall–Kier alpha value is -0.290. The smallest absolute Gasteiger partial charge is 0.230 e. The van der Waals surface area contributed by atoms with Crippen molar-refractivity contribution in [1.29, 1.82) is 0 Å². The number of carbonyl (C=O) groups is 1. The summed E-state index contributed by atoms with van der Waals surface area (Å²) in [7, 11) is -2.86. The van der Waals surface area contributed by atoms with E-state index in [0.29, 0.717) is 10.8 Å². The lowest BCUT2D eigenvalue weighted by Crippen LogP contribution is -1.82. The van der Waals surface area contributed by atoms with E-state index in [1.807, 2.05) is 0 Å². The van der Waals surface area contributed by atoms with E-state index in [9.17, 15) is 13.2 Å². The van der Waals surface area contributed by atoms with Crippen LogP contribution in [0.25, 0.3) is 0 Å². The van der Waals surface area contributed by atoms with Crippen molar-refractivity contribution in [2.24, 2.45) is 0 Å². The second kappa shape index (κ2) is 1.60. The maximum Gasteiger partial charge on any atom is 0.230 e. The van der Waals surface area contributed by atoms with Crippen molar-refractivity contribution in [2.45, 2.75) is 0 Å². The highest BCUT2D eigenvalue weighted by atomic mass is 33.1. The Morgan fingerprint density at radius 3 is 2.25 bits per heavy atom. The van der Waals surface area contributed by atoms with Gasteiger partial charge in [0, 0.05) is 11.5 Å². The maximum absolute atomic E-state index is 10.3. The first kappa shape index (κ1) is 5.84. The molecule has 0 fully saturated rings. The molecule has 0 spiro atoms. The van der Waals surface area contributed by atoms with Crippen LogP contribution in [0.3, 0.4) is 0 Å². The summed E-state index contributed by atoms with van der Waals surface area (Å²) in [6.07, 6.45) is 1.04. The van der Waals surface area contributed by atoms with Crippen LogP contribution in [0.15, 0.2) is 11.5 Å². The van der Waals surface area contributed by atoms with Gasteiger partial charge < -0.3 is 0 Å². The van der Waals surface area contributed by atoms with E-state index < -0.39 is 14.0 Å². The molecule has 0 saturated heterocycles. The minimum absolute atomic E-state index is 0.345. The van der Waals surface area contributed by atoms with Gasteiger partial charge in [0.1, 0.15) is 0 Å². The highest BCUT2D eigenvalue weighted by Crippen LogP contribution is 2.22. The predicted octanol–water partition coefficient (Wildman–Crippen LogP) is 0.103. The topological polar surface area (TPSA) is 51.2 Å². The number of rotatable bonds is 0. The van der Waals surface area contributed by atoms with Crippen molar-refractivity contribution < 1.29 is 13.2 Å². The van der Waals surface area contributed by atoms with Crippen molar-refractivity contribution in [3.8, 4) is 0 Å². The molecule has 1 heterocycles. The molecule has 44 valence electrons. The van der Waals surface area contributed by atoms with Crippen LogP contribution in [0.1, 0.15) is 0 Å². The Balaban J connectivity index is 3.06. The van der Waals surface area contributed by atoms with Gasteiger partial charge in [-0.1, -0.05) is 0 Å². The van der Waals surface area contributed by atoms with Gasteiger partial charge >= 0.3 is 0 Å². The molecule has 1 aliphatic heterocycles. The Morgan fingerprint density at radius 1 is 1.50 bits per heavy atom. The van der Waals surface area contributed by atoms with E-state index in [-0.39, 0.29) is 0 Å². The van der Waals surface area contributed by atoms with Crippen LogP contribution in [-0.4, -0.2) is 13.5 Å². The van der Waals surface area contributed by atoms with Crippen molar-refractivity contribution in [3.05, 3.63) is 11.5 Å². The molecule has 0 bridgehead atoms. The molecule has 0 radical (unpaired) electrons. The van der Waals surface area contributed by atoms with Crippen molar-refractivity contribution in [2.75, 3.05) is 0 Å². The van der Waals surface area contributed by atoms with E-state index in [1.165, 1.54) is 0 Å². The summed E-state index contributed by atoms with van der Waals surface area (Å²) in [5, 5.41) is 0.491. The third-order valence-electron chi connectivity index (χ3n) is 0.569. The molecule has 0 aliphatic carbocycles. The molecule has 1 rings (SSSR count). The molecule has 0 aromatic heterocycles.